The van der Waals surface area contributed by atoms with Crippen molar-refractivity contribution in [2.45, 2.75) is 40.5 Å². The van der Waals surface area contributed by atoms with Gasteiger partial charge in [0.15, 0.2) is 5.78 Å². The summed E-state index contributed by atoms with van der Waals surface area (Å²) >= 11 is 0. The molecule has 20 heavy (non-hydrogen) atoms. The summed E-state index contributed by atoms with van der Waals surface area (Å²) in [5, 5.41) is 0. The van der Waals surface area contributed by atoms with Gasteiger partial charge in [0.1, 0.15) is 0 Å². The maximum atomic E-state index is 12.4. The van der Waals surface area contributed by atoms with Gasteiger partial charge >= 0.3 is 0 Å². The maximum Gasteiger partial charge on any atom is 0.163 e. The molecular weight excluding hydrogens is 244 g/mol. The molecule has 0 spiro atoms. The normalized spacial score (nSPS) is 10.6. The van der Waals surface area contributed by atoms with Gasteiger partial charge in [0.25, 0.3) is 0 Å². The second-order valence-electron chi connectivity index (χ2n) is 5.74. The first kappa shape index (κ1) is 14.5. The molecule has 0 saturated heterocycles. The smallest absolute Gasteiger partial charge is 0.163 e. The number of benzene rings is 2. The van der Waals surface area contributed by atoms with Gasteiger partial charge in [-0.3, -0.25) is 4.79 Å². The topological polar surface area (TPSA) is 17.1 Å². The molecule has 1 nitrogen and oxygen atoms in total. The third-order valence-corrected chi connectivity index (χ3v) is 3.62. The molecule has 2 aromatic carbocycles. The molecular formula is C19H22O. The number of ketones is 1. The minimum Gasteiger partial charge on any atom is -0.294 e. The minimum absolute atomic E-state index is 0.241. The summed E-state index contributed by atoms with van der Waals surface area (Å²) in [6.07, 6.45) is 1.39. The average Bonchev–Trinajstić information content (AvgIpc) is 2.38. The Morgan fingerprint density at radius 1 is 0.850 bits per heavy atom. The van der Waals surface area contributed by atoms with Crippen LogP contribution in [-0.2, 0) is 6.42 Å². The third kappa shape index (κ3) is 3.57. The molecule has 0 saturated carbocycles. The molecule has 0 amide bonds. The van der Waals surface area contributed by atoms with Crippen molar-refractivity contribution in [2.24, 2.45) is 0 Å². The van der Waals surface area contributed by atoms with E-state index in [0.29, 0.717) is 6.42 Å². The minimum atomic E-state index is 0.241. The van der Waals surface area contributed by atoms with Gasteiger partial charge in [-0.2, -0.15) is 0 Å². The number of carbonyl (C=O) groups is 1. The molecule has 0 heterocycles. The van der Waals surface area contributed by atoms with Crippen molar-refractivity contribution in [3.05, 3.63) is 69.8 Å². The zero-order valence-corrected chi connectivity index (χ0v) is 12.8. The van der Waals surface area contributed by atoms with Crippen molar-refractivity contribution in [2.75, 3.05) is 0 Å². The lowest BCUT2D eigenvalue weighted by Gasteiger charge is -2.08. The van der Waals surface area contributed by atoms with Crippen LogP contribution in [0.5, 0.6) is 0 Å². The number of rotatable bonds is 4. The lowest BCUT2D eigenvalue weighted by molar-refractivity contribution is 0.0982. The molecule has 0 atom stereocenters. The zero-order valence-electron chi connectivity index (χ0n) is 12.8. The van der Waals surface area contributed by atoms with Crippen LogP contribution in [0, 0.1) is 27.7 Å². The first-order valence-corrected chi connectivity index (χ1v) is 7.13. The molecule has 0 radical (unpaired) electrons. The Hall–Kier alpha value is -1.89. The lowest BCUT2D eigenvalue weighted by atomic mass is 9.96. The van der Waals surface area contributed by atoms with Crippen LogP contribution in [0.15, 0.2) is 36.4 Å². The molecule has 0 aromatic heterocycles. The van der Waals surface area contributed by atoms with E-state index < -0.39 is 0 Å². The maximum absolute atomic E-state index is 12.4. The second kappa shape index (κ2) is 6.04. The third-order valence-electron chi connectivity index (χ3n) is 3.62. The molecule has 0 aliphatic carbocycles. The number of aryl methyl sites for hydroxylation is 5. The van der Waals surface area contributed by atoms with Crippen LogP contribution in [0.25, 0.3) is 0 Å². The molecule has 0 bridgehead atoms. The first-order chi connectivity index (χ1) is 9.45. The molecule has 2 aromatic rings. The molecule has 0 fully saturated rings. The van der Waals surface area contributed by atoms with Crippen molar-refractivity contribution in [1.29, 1.82) is 0 Å². The lowest BCUT2D eigenvalue weighted by Crippen LogP contribution is -2.04. The van der Waals surface area contributed by atoms with Crippen LogP contribution < -0.4 is 0 Å². The van der Waals surface area contributed by atoms with Gasteiger partial charge in [-0.15, -0.1) is 0 Å². The molecule has 0 N–H and O–H groups in total. The standard InChI is InChI=1S/C19H22O/c1-13-5-6-16(4)18(12-13)19(20)8-7-17-10-14(2)9-15(3)11-17/h5-6,9-12H,7-8H2,1-4H3. The number of Topliss-reactive ketones (excluding diaryl/α,β-unsaturated/α-hetero) is 1. The van der Waals surface area contributed by atoms with E-state index in [0.717, 1.165) is 23.1 Å². The van der Waals surface area contributed by atoms with Gasteiger partial charge in [-0.1, -0.05) is 47.0 Å². The van der Waals surface area contributed by atoms with E-state index in [1.807, 2.05) is 26.0 Å². The van der Waals surface area contributed by atoms with Gasteiger partial charge in [0.05, 0.1) is 0 Å². The summed E-state index contributed by atoms with van der Waals surface area (Å²) in [6, 6.07) is 12.6. The Kier molecular flexibility index (Phi) is 4.39. The number of carbonyl (C=O) groups excluding carboxylic acids is 1. The average molecular weight is 266 g/mol. The van der Waals surface area contributed by atoms with Crippen LogP contribution in [0.4, 0.5) is 0 Å². The quantitative estimate of drug-likeness (QED) is 0.731. The van der Waals surface area contributed by atoms with E-state index in [4.69, 9.17) is 0 Å². The van der Waals surface area contributed by atoms with Crippen molar-refractivity contribution < 1.29 is 4.79 Å². The fourth-order valence-corrected chi connectivity index (χ4v) is 2.64. The van der Waals surface area contributed by atoms with Gasteiger partial charge in [-0.05, 0) is 51.3 Å². The Morgan fingerprint density at radius 3 is 2.15 bits per heavy atom. The number of hydrogen-bond donors (Lipinski definition) is 0. The van der Waals surface area contributed by atoms with E-state index >= 15 is 0 Å². The second-order valence-corrected chi connectivity index (χ2v) is 5.74. The summed E-state index contributed by atoms with van der Waals surface area (Å²) in [5.41, 5.74) is 6.86. The summed E-state index contributed by atoms with van der Waals surface area (Å²) in [4.78, 5) is 12.4. The Morgan fingerprint density at radius 2 is 1.50 bits per heavy atom. The van der Waals surface area contributed by atoms with Gasteiger partial charge < -0.3 is 0 Å². The zero-order chi connectivity index (χ0) is 14.7. The first-order valence-electron chi connectivity index (χ1n) is 7.13. The monoisotopic (exact) mass is 266 g/mol. The summed E-state index contributed by atoms with van der Waals surface area (Å²) in [5.74, 6) is 0.241. The number of hydrogen-bond acceptors (Lipinski definition) is 1. The van der Waals surface area contributed by atoms with E-state index in [1.165, 1.54) is 16.7 Å². The molecule has 104 valence electrons. The van der Waals surface area contributed by atoms with Gasteiger partial charge in [0.2, 0.25) is 0 Å². The van der Waals surface area contributed by atoms with E-state index in [9.17, 15) is 4.79 Å². The SMILES string of the molecule is Cc1cc(C)cc(CCC(=O)c2cc(C)ccc2C)c1. The Balaban J connectivity index is 2.10. The van der Waals surface area contributed by atoms with Crippen LogP contribution in [0.3, 0.4) is 0 Å². The van der Waals surface area contributed by atoms with E-state index in [1.54, 1.807) is 0 Å². The highest BCUT2D eigenvalue weighted by Gasteiger charge is 2.09. The fraction of sp³-hybridized carbons (Fsp3) is 0.316. The highest BCUT2D eigenvalue weighted by atomic mass is 16.1. The highest BCUT2D eigenvalue weighted by molar-refractivity contribution is 5.97. The predicted molar refractivity (Wildman–Crippen MR) is 84.5 cm³/mol. The van der Waals surface area contributed by atoms with Crippen molar-refractivity contribution in [3.63, 3.8) is 0 Å². The Bertz CT molecular complexity index is 618. The Labute approximate surface area is 121 Å². The fourth-order valence-electron chi connectivity index (χ4n) is 2.64. The summed E-state index contributed by atoms with van der Waals surface area (Å²) < 4.78 is 0. The van der Waals surface area contributed by atoms with Gasteiger partial charge in [0, 0.05) is 12.0 Å². The molecule has 0 aliphatic heterocycles. The molecule has 0 unspecified atom stereocenters. The largest absolute Gasteiger partial charge is 0.294 e. The van der Waals surface area contributed by atoms with Crippen LogP contribution in [0.1, 0.15) is 44.6 Å². The van der Waals surface area contributed by atoms with E-state index in [2.05, 4.69) is 38.1 Å². The van der Waals surface area contributed by atoms with Gasteiger partial charge in [-0.25, -0.2) is 0 Å². The summed E-state index contributed by atoms with van der Waals surface area (Å²) in [7, 11) is 0. The molecule has 0 aliphatic rings. The van der Waals surface area contributed by atoms with Crippen molar-refractivity contribution in [3.8, 4) is 0 Å². The summed E-state index contributed by atoms with van der Waals surface area (Å²) in [6.45, 7) is 8.23. The molecule has 1 heteroatoms. The van der Waals surface area contributed by atoms with Crippen molar-refractivity contribution >= 4 is 5.78 Å². The highest BCUT2D eigenvalue weighted by Crippen LogP contribution is 2.16. The van der Waals surface area contributed by atoms with E-state index in [-0.39, 0.29) is 5.78 Å². The van der Waals surface area contributed by atoms with Crippen LogP contribution >= 0.6 is 0 Å². The predicted octanol–water partition coefficient (Wildman–Crippen LogP) is 4.74. The van der Waals surface area contributed by atoms with Crippen LogP contribution in [-0.4, -0.2) is 5.78 Å². The van der Waals surface area contributed by atoms with Crippen LogP contribution in [0.2, 0.25) is 0 Å². The molecule has 2 rings (SSSR count). The van der Waals surface area contributed by atoms with Crippen molar-refractivity contribution in [1.82, 2.24) is 0 Å².